The normalized spacial score (nSPS) is 11.9. The van der Waals surface area contributed by atoms with Gasteiger partial charge in [0.05, 0.1) is 33.0 Å². The second-order valence-corrected chi connectivity index (χ2v) is 13.0. The Morgan fingerprint density at radius 3 is 1.66 bits per heavy atom. The zero-order valence-corrected chi connectivity index (χ0v) is 20.8. The number of carbonyl (C=O) groups is 1. The van der Waals surface area contributed by atoms with Crippen LogP contribution in [0.4, 0.5) is 0 Å². The van der Waals surface area contributed by atoms with Gasteiger partial charge < -0.3 is 18.6 Å². The molecule has 0 bridgehead atoms. The molecule has 2 aromatic carbocycles. The number of carbonyl (C=O) groups excluding carboxylic acids is 1. The third-order valence-electron chi connectivity index (χ3n) is 5.14. The van der Waals surface area contributed by atoms with Crippen LogP contribution in [0.1, 0.15) is 27.7 Å². The van der Waals surface area contributed by atoms with E-state index in [2.05, 4.69) is 75.9 Å². The van der Waals surface area contributed by atoms with Crippen molar-refractivity contribution < 1.29 is 23.4 Å². The van der Waals surface area contributed by atoms with Gasteiger partial charge in [-0.25, -0.2) is 4.79 Å². The highest BCUT2D eigenvalue weighted by atomic mass is 28.4. The summed E-state index contributed by atoms with van der Waals surface area (Å²) < 4.78 is 22.9. The molecule has 32 heavy (non-hydrogen) atoms. The Labute approximate surface area is 193 Å². The van der Waals surface area contributed by atoms with Gasteiger partial charge in [0.1, 0.15) is 6.61 Å². The van der Waals surface area contributed by atoms with Gasteiger partial charge in [-0.2, -0.15) is 0 Å². The van der Waals surface area contributed by atoms with Crippen LogP contribution in [0.2, 0.25) is 5.04 Å². The summed E-state index contributed by atoms with van der Waals surface area (Å²) in [6.45, 7) is 14.4. The first-order valence-electron chi connectivity index (χ1n) is 11.0. The molecule has 0 unspecified atom stereocenters. The summed E-state index contributed by atoms with van der Waals surface area (Å²) in [5.74, 6) is -0.398. The lowest BCUT2D eigenvalue weighted by Gasteiger charge is -2.43. The Bertz CT molecular complexity index is 791. The predicted molar refractivity (Wildman–Crippen MR) is 131 cm³/mol. The summed E-state index contributed by atoms with van der Waals surface area (Å²) in [5.41, 5.74) is 0.384. The molecular formula is C26H36O5Si. The molecule has 0 aliphatic heterocycles. The number of rotatable bonds is 13. The topological polar surface area (TPSA) is 54.0 Å². The van der Waals surface area contributed by atoms with Gasteiger partial charge in [0.2, 0.25) is 0 Å². The summed E-state index contributed by atoms with van der Waals surface area (Å²) in [7, 11) is -2.52. The highest BCUT2D eigenvalue weighted by Gasteiger charge is 2.49. The van der Waals surface area contributed by atoms with E-state index in [0.717, 1.165) is 0 Å². The van der Waals surface area contributed by atoms with Crippen LogP contribution < -0.4 is 10.4 Å². The number of ether oxygens (including phenoxy) is 3. The first-order chi connectivity index (χ1) is 15.3. The molecule has 0 N–H and O–H groups in total. The van der Waals surface area contributed by atoms with Crippen molar-refractivity contribution in [3.8, 4) is 0 Å². The number of benzene rings is 2. The van der Waals surface area contributed by atoms with Crippen LogP contribution in [-0.2, 0) is 23.4 Å². The molecule has 0 aromatic heterocycles. The second kappa shape index (κ2) is 12.7. The molecule has 0 aliphatic rings. The fraction of sp³-hybridized carbons (Fsp3) is 0.423. The molecular weight excluding hydrogens is 420 g/mol. The van der Waals surface area contributed by atoms with Crippen molar-refractivity contribution in [2.45, 2.75) is 32.7 Å². The van der Waals surface area contributed by atoms with Crippen molar-refractivity contribution in [2.75, 3.05) is 39.6 Å². The lowest BCUT2D eigenvalue weighted by molar-refractivity contribution is -0.140. The highest BCUT2D eigenvalue weighted by molar-refractivity contribution is 6.99. The smallest absolute Gasteiger partial charge is 0.333 e. The minimum absolute atomic E-state index is 0.0555. The zero-order chi connectivity index (χ0) is 23.5. The van der Waals surface area contributed by atoms with Crippen LogP contribution in [0.3, 0.4) is 0 Å². The van der Waals surface area contributed by atoms with Crippen molar-refractivity contribution >= 4 is 24.7 Å². The number of hydrogen-bond donors (Lipinski definition) is 0. The Morgan fingerprint density at radius 2 is 1.22 bits per heavy atom. The summed E-state index contributed by atoms with van der Waals surface area (Å²) in [5, 5.41) is 2.46. The maximum Gasteiger partial charge on any atom is 0.333 e. The van der Waals surface area contributed by atoms with E-state index in [0.29, 0.717) is 38.6 Å². The number of esters is 1. The van der Waals surface area contributed by atoms with E-state index in [4.69, 9.17) is 18.6 Å². The maximum absolute atomic E-state index is 11.3. The Morgan fingerprint density at radius 1 is 0.781 bits per heavy atom. The van der Waals surface area contributed by atoms with Crippen LogP contribution in [0.25, 0.3) is 0 Å². The Kier molecular flexibility index (Phi) is 10.3. The summed E-state index contributed by atoms with van der Waals surface area (Å²) in [6.07, 6.45) is 0. The molecule has 6 heteroatoms. The lowest BCUT2D eigenvalue weighted by Crippen LogP contribution is -2.66. The van der Waals surface area contributed by atoms with E-state index in [1.807, 2.05) is 12.1 Å². The molecule has 2 aromatic rings. The van der Waals surface area contributed by atoms with Crippen molar-refractivity contribution in [1.82, 2.24) is 0 Å². The first-order valence-corrected chi connectivity index (χ1v) is 12.9. The van der Waals surface area contributed by atoms with E-state index in [1.165, 1.54) is 10.4 Å². The Hall–Kier alpha value is -2.25. The quantitative estimate of drug-likeness (QED) is 0.199. The van der Waals surface area contributed by atoms with Crippen LogP contribution in [0.5, 0.6) is 0 Å². The van der Waals surface area contributed by atoms with E-state index < -0.39 is 14.3 Å². The van der Waals surface area contributed by atoms with Crippen LogP contribution in [0, 0.1) is 0 Å². The molecule has 174 valence electrons. The van der Waals surface area contributed by atoms with Crippen LogP contribution >= 0.6 is 0 Å². The van der Waals surface area contributed by atoms with Gasteiger partial charge in [-0.1, -0.05) is 88.0 Å². The lowest BCUT2D eigenvalue weighted by atomic mass is 10.2. The third kappa shape index (κ3) is 7.13. The molecule has 0 aliphatic carbocycles. The van der Waals surface area contributed by atoms with Crippen molar-refractivity contribution in [1.29, 1.82) is 0 Å². The van der Waals surface area contributed by atoms with Gasteiger partial charge in [0, 0.05) is 5.57 Å². The van der Waals surface area contributed by atoms with Gasteiger partial charge in [-0.05, 0) is 22.3 Å². The molecule has 0 saturated carbocycles. The third-order valence-corrected chi connectivity index (χ3v) is 10.2. The van der Waals surface area contributed by atoms with Gasteiger partial charge in [0.15, 0.2) is 0 Å². The average Bonchev–Trinajstić information content (AvgIpc) is 2.77. The second-order valence-electron chi connectivity index (χ2n) is 8.65. The molecule has 0 radical (unpaired) electrons. The maximum atomic E-state index is 11.3. The molecule has 0 amide bonds. The Balaban J connectivity index is 1.88. The van der Waals surface area contributed by atoms with Gasteiger partial charge >= 0.3 is 5.97 Å². The molecule has 0 fully saturated rings. The molecule has 0 saturated heterocycles. The molecule has 0 spiro atoms. The SMILES string of the molecule is C=C(C)C(=O)OCCOCCOCCO[Si](c1ccccc1)(c1ccccc1)C(C)(C)C. The predicted octanol–water partition coefficient (Wildman–Crippen LogP) is 3.72. The van der Waals surface area contributed by atoms with Crippen LogP contribution in [-0.4, -0.2) is 53.9 Å². The van der Waals surface area contributed by atoms with Crippen molar-refractivity contribution in [3.05, 3.63) is 72.8 Å². The first kappa shape index (κ1) is 26.0. The number of hydrogen-bond acceptors (Lipinski definition) is 5. The van der Waals surface area contributed by atoms with E-state index in [-0.39, 0.29) is 11.6 Å². The summed E-state index contributed by atoms with van der Waals surface area (Å²) >= 11 is 0. The molecule has 0 heterocycles. The van der Waals surface area contributed by atoms with E-state index >= 15 is 0 Å². The van der Waals surface area contributed by atoms with Gasteiger partial charge in [0.25, 0.3) is 8.32 Å². The summed E-state index contributed by atoms with van der Waals surface area (Å²) in [4.78, 5) is 11.3. The van der Waals surface area contributed by atoms with Gasteiger partial charge in [-0.15, -0.1) is 0 Å². The minimum Gasteiger partial charge on any atom is -0.460 e. The zero-order valence-electron chi connectivity index (χ0n) is 19.8. The molecule has 0 atom stereocenters. The van der Waals surface area contributed by atoms with Crippen molar-refractivity contribution in [2.24, 2.45) is 0 Å². The monoisotopic (exact) mass is 456 g/mol. The van der Waals surface area contributed by atoms with Gasteiger partial charge in [-0.3, -0.25) is 0 Å². The van der Waals surface area contributed by atoms with Crippen LogP contribution in [0.15, 0.2) is 72.8 Å². The fourth-order valence-corrected chi connectivity index (χ4v) is 8.20. The molecule has 2 rings (SSSR count). The van der Waals surface area contributed by atoms with Crippen molar-refractivity contribution in [3.63, 3.8) is 0 Å². The summed E-state index contributed by atoms with van der Waals surface area (Å²) in [6, 6.07) is 21.1. The highest BCUT2D eigenvalue weighted by Crippen LogP contribution is 2.36. The fourth-order valence-electron chi connectivity index (χ4n) is 3.65. The molecule has 5 nitrogen and oxygen atoms in total. The minimum atomic E-state index is -2.52. The average molecular weight is 457 g/mol. The standard InChI is InChI=1S/C26H36O5Si/c1-22(2)25(27)30-20-18-28-16-17-29-19-21-31-32(26(3,4)5,23-12-8-6-9-13-23)24-14-10-7-11-15-24/h6-15H,1,16-21H2,2-5H3. The largest absolute Gasteiger partial charge is 0.460 e. The van der Waals surface area contributed by atoms with E-state index in [9.17, 15) is 4.79 Å². The van der Waals surface area contributed by atoms with E-state index in [1.54, 1.807) is 6.92 Å².